The molecule has 3 aromatic rings. The molecule has 4 rings (SSSR count). The largest absolute Gasteiger partial charge is 0.367 e. The van der Waals surface area contributed by atoms with Crippen molar-refractivity contribution in [2.45, 2.75) is 6.10 Å². The van der Waals surface area contributed by atoms with Gasteiger partial charge in [-0.15, -0.1) is 0 Å². The standard InChI is InChI=1S/C25H26N4O/c26-20-23-12-7-13-27-25(23)29-16-14-28(15-17-29)18-19-30-24(21-8-3-1-4-9-21)22-10-5-2-6-11-22/h1-13,24H,14-19H2. The van der Waals surface area contributed by atoms with Gasteiger partial charge in [-0.1, -0.05) is 60.7 Å². The first-order valence-corrected chi connectivity index (χ1v) is 10.4. The van der Waals surface area contributed by atoms with Crippen LogP contribution in [-0.4, -0.2) is 49.2 Å². The number of aromatic nitrogens is 1. The summed E-state index contributed by atoms with van der Waals surface area (Å²) in [5.74, 6) is 0.795. The van der Waals surface area contributed by atoms with Crippen molar-refractivity contribution in [3.05, 3.63) is 95.7 Å². The number of piperazine rings is 1. The summed E-state index contributed by atoms with van der Waals surface area (Å²) in [5, 5.41) is 9.31. The molecule has 0 amide bonds. The van der Waals surface area contributed by atoms with Crippen LogP contribution >= 0.6 is 0 Å². The molecule has 1 saturated heterocycles. The molecule has 5 nitrogen and oxygen atoms in total. The number of ether oxygens (including phenoxy) is 1. The lowest BCUT2D eigenvalue weighted by Crippen LogP contribution is -2.47. The predicted octanol–water partition coefficient (Wildman–Crippen LogP) is 3.88. The number of nitriles is 1. The van der Waals surface area contributed by atoms with Crippen molar-refractivity contribution < 1.29 is 4.74 Å². The minimum Gasteiger partial charge on any atom is -0.367 e. The van der Waals surface area contributed by atoms with E-state index in [1.807, 2.05) is 24.3 Å². The lowest BCUT2D eigenvalue weighted by molar-refractivity contribution is 0.0586. The van der Waals surface area contributed by atoms with E-state index in [0.717, 1.165) is 38.5 Å². The Hall–Kier alpha value is -3.20. The summed E-state index contributed by atoms with van der Waals surface area (Å²) in [6.45, 7) is 5.16. The van der Waals surface area contributed by atoms with Gasteiger partial charge in [0.1, 0.15) is 18.0 Å². The van der Waals surface area contributed by atoms with Gasteiger partial charge in [0.2, 0.25) is 0 Å². The molecule has 0 saturated carbocycles. The van der Waals surface area contributed by atoms with Crippen molar-refractivity contribution in [3.8, 4) is 6.07 Å². The molecule has 5 heteroatoms. The molecular weight excluding hydrogens is 372 g/mol. The van der Waals surface area contributed by atoms with E-state index in [9.17, 15) is 5.26 Å². The minimum absolute atomic E-state index is 0.0552. The first-order valence-electron chi connectivity index (χ1n) is 10.4. The van der Waals surface area contributed by atoms with E-state index in [1.165, 1.54) is 11.1 Å². The Labute approximate surface area is 178 Å². The lowest BCUT2D eigenvalue weighted by Gasteiger charge is -2.35. The van der Waals surface area contributed by atoms with Gasteiger partial charge in [0.25, 0.3) is 0 Å². The summed E-state index contributed by atoms with van der Waals surface area (Å²) in [6.07, 6.45) is 1.70. The Kier molecular flexibility index (Phi) is 6.71. The molecule has 1 aromatic heterocycles. The molecular formula is C25H26N4O. The van der Waals surface area contributed by atoms with Crippen LogP contribution in [0.5, 0.6) is 0 Å². The SMILES string of the molecule is N#Cc1cccnc1N1CCN(CCOC(c2ccccc2)c2ccccc2)CC1. The van der Waals surface area contributed by atoms with Crippen molar-refractivity contribution >= 4 is 5.82 Å². The quantitative estimate of drug-likeness (QED) is 0.605. The Bertz CT molecular complexity index is 924. The first kappa shape index (κ1) is 20.1. The highest BCUT2D eigenvalue weighted by atomic mass is 16.5. The second kappa shape index (κ2) is 10.0. The smallest absolute Gasteiger partial charge is 0.146 e. The van der Waals surface area contributed by atoms with Crippen LogP contribution in [0.2, 0.25) is 0 Å². The fourth-order valence-corrected chi connectivity index (χ4v) is 3.86. The van der Waals surface area contributed by atoms with Gasteiger partial charge in [0.15, 0.2) is 0 Å². The van der Waals surface area contributed by atoms with Crippen molar-refractivity contribution in [2.24, 2.45) is 0 Å². The zero-order valence-electron chi connectivity index (χ0n) is 17.0. The Balaban J connectivity index is 1.32. The van der Waals surface area contributed by atoms with E-state index >= 15 is 0 Å². The summed E-state index contributed by atoms with van der Waals surface area (Å²) in [6, 6.07) is 26.7. The number of benzene rings is 2. The molecule has 0 bridgehead atoms. The average Bonchev–Trinajstić information content (AvgIpc) is 2.83. The second-order valence-electron chi connectivity index (χ2n) is 7.39. The third-order valence-electron chi connectivity index (χ3n) is 5.48. The monoisotopic (exact) mass is 398 g/mol. The number of pyridine rings is 1. The minimum atomic E-state index is -0.0552. The number of hydrogen-bond acceptors (Lipinski definition) is 5. The number of rotatable bonds is 7. The van der Waals surface area contributed by atoms with Gasteiger partial charge in [-0.05, 0) is 23.3 Å². The molecule has 1 fully saturated rings. The summed E-state index contributed by atoms with van der Waals surface area (Å²) < 4.78 is 6.35. The molecule has 0 aliphatic carbocycles. The second-order valence-corrected chi connectivity index (χ2v) is 7.39. The van der Waals surface area contributed by atoms with E-state index in [-0.39, 0.29) is 6.10 Å². The van der Waals surface area contributed by atoms with Gasteiger partial charge in [0.05, 0.1) is 12.2 Å². The van der Waals surface area contributed by atoms with E-state index in [4.69, 9.17) is 4.74 Å². The van der Waals surface area contributed by atoms with Crippen LogP contribution in [0.25, 0.3) is 0 Å². The highest BCUT2D eigenvalue weighted by molar-refractivity contribution is 5.53. The van der Waals surface area contributed by atoms with Crippen LogP contribution in [0.1, 0.15) is 22.8 Å². The van der Waals surface area contributed by atoms with Crippen molar-refractivity contribution in [2.75, 3.05) is 44.2 Å². The first-order chi connectivity index (χ1) is 14.8. The van der Waals surface area contributed by atoms with Crippen LogP contribution < -0.4 is 4.90 Å². The van der Waals surface area contributed by atoms with Crippen LogP contribution in [0.15, 0.2) is 79.0 Å². The maximum absolute atomic E-state index is 9.31. The zero-order chi connectivity index (χ0) is 20.6. The number of hydrogen-bond donors (Lipinski definition) is 0. The topological polar surface area (TPSA) is 52.4 Å². The summed E-state index contributed by atoms with van der Waals surface area (Å²) in [7, 11) is 0. The van der Waals surface area contributed by atoms with Gasteiger partial charge in [-0.2, -0.15) is 5.26 Å². The summed E-state index contributed by atoms with van der Waals surface area (Å²) >= 11 is 0. The lowest BCUT2D eigenvalue weighted by atomic mass is 10.0. The third-order valence-corrected chi connectivity index (χ3v) is 5.48. The molecule has 1 aliphatic heterocycles. The molecule has 0 radical (unpaired) electrons. The molecule has 152 valence electrons. The predicted molar refractivity (Wildman–Crippen MR) is 118 cm³/mol. The Morgan fingerprint density at radius 3 is 2.10 bits per heavy atom. The van der Waals surface area contributed by atoms with Crippen molar-refractivity contribution in [1.29, 1.82) is 5.26 Å². The number of anilines is 1. The zero-order valence-corrected chi connectivity index (χ0v) is 17.0. The maximum atomic E-state index is 9.31. The Morgan fingerprint density at radius 2 is 1.50 bits per heavy atom. The van der Waals surface area contributed by atoms with Gasteiger partial charge >= 0.3 is 0 Å². The van der Waals surface area contributed by atoms with Crippen molar-refractivity contribution in [3.63, 3.8) is 0 Å². The van der Waals surface area contributed by atoms with Gasteiger partial charge in [-0.25, -0.2) is 4.98 Å². The molecule has 2 aromatic carbocycles. The normalized spacial score (nSPS) is 14.6. The van der Waals surface area contributed by atoms with Crippen LogP contribution in [-0.2, 0) is 4.74 Å². The molecule has 0 unspecified atom stereocenters. The van der Waals surface area contributed by atoms with Crippen molar-refractivity contribution in [1.82, 2.24) is 9.88 Å². The van der Waals surface area contributed by atoms with E-state index in [0.29, 0.717) is 12.2 Å². The molecule has 0 atom stereocenters. The van der Waals surface area contributed by atoms with Crippen LogP contribution in [0, 0.1) is 11.3 Å². The highest BCUT2D eigenvalue weighted by Gasteiger charge is 2.21. The molecule has 1 aliphatic rings. The van der Waals surface area contributed by atoms with E-state index in [2.05, 4.69) is 69.4 Å². The number of nitrogens with zero attached hydrogens (tertiary/aromatic N) is 4. The maximum Gasteiger partial charge on any atom is 0.146 e. The Morgan fingerprint density at radius 1 is 0.867 bits per heavy atom. The molecule has 2 heterocycles. The van der Waals surface area contributed by atoms with E-state index in [1.54, 1.807) is 6.20 Å². The third kappa shape index (κ3) is 4.85. The average molecular weight is 399 g/mol. The van der Waals surface area contributed by atoms with Crippen LogP contribution in [0.4, 0.5) is 5.82 Å². The van der Waals surface area contributed by atoms with E-state index < -0.39 is 0 Å². The van der Waals surface area contributed by atoms with Gasteiger partial charge in [0, 0.05) is 38.9 Å². The summed E-state index contributed by atoms with van der Waals surface area (Å²) in [4.78, 5) is 9.03. The fourth-order valence-electron chi connectivity index (χ4n) is 3.86. The van der Waals surface area contributed by atoms with Gasteiger partial charge < -0.3 is 9.64 Å². The van der Waals surface area contributed by atoms with Crippen LogP contribution in [0.3, 0.4) is 0 Å². The van der Waals surface area contributed by atoms with Gasteiger partial charge in [-0.3, -0.25) is 4.90 Å². The summed E-state index contributed by atoms with van der Waals surface area (Å²) in [5.41, 5.74) is 2.99. The highest BCUT2D eigenvalue weighted by Crippen LogP contribution is 2.26. The fraction of sp³-hybridized carbons (Fsp3) is 0.280. The molecule has 0 N–H and O–H groups in total. The molecule has 0 spiro atoms. The molecule has 30 heavy (non-hydrogen) atoms.